The van der Waals surface area contributed by atoms with E-state index < -0.39 is 6.04 Å². The van der Waals surface area contributed by atoms with E-state index in [1.807, 2.05) is 4.90 Å². The minimum Gasteiger partial charge on any atom is -0.338 e. The van der Waals surface area contributed by atoms with Crippen molar-refractivity contribution in [1.82, 2.24) is 25.1 Å². The molecule has 3 amide bonds. The number of piperidine rings is 1. The van der Waals surface area contributed by atoms with Crippen molar-refractivity contribution in [2.75, 3.05) is 37.6 Å². The predicted molar refractivity (Wildman–Crippen MR) is 98.8 cm³/mol. The van der Waals surface area contributed by atoms with Gasteiger partial charge >= 0.3 is 6.03 Å². The van der Waals surface area contributed by atoms with E-state index in [-0.39, 0.29) is 18.0 Å². The molecule has 2 aliphatic rings. The van der Waals surface area contributed by atoms with E-state index in [9.17, 15) is 9.59 Å². The van der Waals surface area contributed by atoms with Crippen LogP contribution in [-0.4, -0.2) is 76.5 Å². The Morgan fingerprint density at radius 3 is 2.46 bits per heavy atom. The Labute approximate surface area is 154 Å². The van der Waals surface area contributed by atoms with Crippen LogP contribution in [0.4, 0.5) is 10.7 Å². The van der Waals surface area contributed by atoms with Crippen LogP contribution >= 0.6 is 0 Å². The first kappa shape index (κ1) is 18.4. The second-order valence-electron chi connectivity index (χ2n) is 7.07. The van der Waals surface area contributed by atoms with Gasteiger partial charge < -0.3 is 20.0 Å². The number of carbonyl (C=O) groups is 2. The quantitative estimate of drug-likeness (QED) is 0.873. The maximum atomic E-state index is 12.6. The molecule has 3 rings (SSSR count). The van der Waals surface area contributed by atoms with Crippen LogP contribution in [0.25, 0.3) is 0 Å². The monoisotopic (exact) mass is 360 g/mol. The molecule has 0 spiro atoms. The van der Waals surface area contributed by atoms with Crippen molar-refractivity contribution in [2.45, 2.75) is 45.2 Å². The summed E-state index contributed by atoms with van der Waals surface area (Å²) in [4.78, 5) is 39.4. The number of anilines is 1. The van der Waals surface area contributed by atoms with Crippen molar-refractivity contribution in [1.29, 1.82) is 0 Å². The van der Waals surface area contributed by atoms with E-state index in [2.05, 4.69) is 27.1 Å². The molecule has 0 aromatic carbocycles. The van der Waals surface area contributed by atoms with Gasteiger partial charge in [0.15, 0.2) is 0 Å². The number of amides is 3. The Kier molecular flexibility index (Phi) is 5.90. The van der Waals surface area contributed by atoms with Gasteiger partial charge in [-0.2, -0.15) is 0 Å². The van der Waals surface area contributed by atoms with Crippen molar-refractivity contribution < 1.29 is 9.59 Å². The molecule has 2 saturated heterocycles. The minimum atomic E-state index is -0.501. The van der Waals surface area contributed by atoms with Gasteiger partial charge in [-0.05, 0) is 39.2 Å². The molecular formula is C18H28N6O2. The van der Waals surface area contributed by atoms with Crippen LogP contribution in [0, 0.1) is 0 Å². The van der Waals surface area contributed by atoms with Gasteiger partial charge in [0.1, 0.15) is 6.04 Å². The van der Waals surface area contributed by atoms with Crippen LogP contribution < -0.4 is 10.2 Å². The van der Waals surface area contributed by atoms with Crippen molar-refractivity contribution in [2.24, 2.45) is 0 Å². The highest BCUT2D eigenvalue weighted by Gasteiger charge is 2.29. The number of hydrogen-bond acceptors (Lipinski definition) is 5. The largest absolute Gasteiger partial charge is 0.338 e. The van der Waals surface area contributed by atoms with Gasteiger partial charge in [-0.1, -0.05) is 0 Å². The lowest BCUT2D eigenvalue weighted by Gasteiger charge is -2.37. The summed E-state index contributed by atoms with van der Waals surface area (Å²) in [6.07, 6.45) is 6.68. The zero-order chi connectivity index (χ0) is 18.5. The standard InChI is InChI=1S/C18H28N6O2/c1-14-6-3-4-9-24(14)16(25)15(2)21-18(26)23-12-10-22(11-13-23)17-19-7-5-8-20-17/h5,7-8,14-15H,3-4,6,9-13H2,1-2H3,(H,21,26). The summed E-state index contributed by atoms with van der Waals surface area (Å²) in [5.41, 5.74) is 0. The highest BCUT2D eigenvalue weighted by Crippen LogP contribution is 2.17. The molecule has 0 radical (unpaired) electrons. The van der Waals surface area contributed by atoms with Gasteiger partial charge in [-0.25, -0.2) is 14.8 Å². The summed E-state index contributed by atoms with van der Waals surface area (Å²) >= 11 is 0. The molecule has 3 heterocycles. The molecule has 0 saturated carbocycles. The number of nitrogens with zero attached hydrogens (tertiary/aromatic N) is 5. The second kappa shape index (κ2) is 8.33. The Bertz CT molecular complexity index is 617. The van der Waals surface area contributed by atoms with Crippen LogP contribution in [0.1, 0.15) is 33.1 Å². The average Bonchev–Trinajstić information content (AvgIpc) is 2.68. The fourth-order valence-electron chi connectivity index (χ4n) is 3.58. The molecule has 2 unspecified atom stereocenters. The molecule has 1 aromatic rings. The van der Waals surface area contributed by atoms with E-state index in [4.69, 9.17) is 0 Å². The van der Waals surface area contributed by atoms with E-state index in [1.165, 1.54) is 6.42 Å². The van der Waals surface area contributed by atoms with E-state index >= 15 is 0 Å². The topological polar surface area (TPSA) is 81.7 Å². The van der Waals surface area contributed by atoms with Crippen molar-refractivity contribution >= 4 is 17.9 Å². The summed E-state index contributed by atoms with van der Waals surface area (Å²) < 4.78 is 0. The number of aromatic nitrogens is 2. The average molecular weight is 360 g/mol. The van der Waals surface area contributed by atoms with Gasteiger partial charge in [0.05, 0.1) is 0 Å². The van der Waals surface area contributed by atoms with Crippen molar-refractivity contribution in [3.8, 4) is 0 Å². The molecule has 1 N–H and O–H groups in total. The molecule has 2 aliphatic heterocycles. The Morgan fingerprint density at radius 2 is 1.81 bits per heavy atom. The van der Waals surface area contributed by atoms with Crippen LogP contribution in [-0.2, 0) is 4.79 Å². The van der Waals surface area contributed by atoms with Crippen LogP contribution in [0.2, 0.25) is 0 Å². The molecule has 8 nitrogen and oxygen atoms in total. The lowest BCUT2D eigenvalue weighted by atomic mass is 10.0. The highest BCUT2D eigenvalue weighted by atomic mass is 16.2. The lowest BCUT2D eigenvalue weighted by Crippen LogP contribution is -2.57. The molecule has 0 aliphatic carbocycles. The number of urea groups is 1. The molecule has 8 heteroatoms. The maximum absolute atomic E-state index is 12.6. The maximum Gasteiger partial charge on any atom is 0.318 e. The Balaban J connectivity index is 1.48. The van der Waals surface area contributed by atoms with Crippen LogP contribution in [0.15, 0.2) is 18.5 Å². The number of nitrogens with one attached hydrogen (secondary N) is 1. The Hall–Kier alpha value is -2.38. The lowest BCUT2D eigenvalue weighted by molar-refractivity contribution is -0.136. The fraction of sp³-hybridized carbons (Fsp3) is 0.667. The van der Waals surface area contributed by atoms with Gasteiger partial charge in [0, 0.05) is 51.2 Å². The summed E-state index contributed by atoms with van der Waals surface area (Å²) in [6, 6.07) is 1.36. The van der Waals surface area contributed by atoms with Crippen molar-refractivity contribution in [3.05, 3.63) is 18.5 Å². The predicted octanol–water partition coefficient (Wildman–Crippen LogP) is 1.10. The fourth-order valence-corrected chi connectivity index (χ4v) is 3.58. The number of hydrogen-bond donors (Lipinski definition) is 1. The highest BCUT2D eigenvalue weighted by molar-refractivity contribution is 5.87. The third kappa shape index (κ3) is 4.23. The SMILES string of the molecule is CC(NC(=O)N1CCN(c2ncccn2)CC1)C(=O)N1CCCCC1C. The zero-order valence-corrected chi connectivity index (χ0v) is 15.6. The first-order valence-electron chi connectivity index (χ1n) is 9.44. The van der Waals surface area contributed by atoms with Gasteiger partial charge in [0.25, 0.3) is 0 Å². The van der Waals surface area contributed by atoms with Crippen LogP contribution in [0.3, 0.4) is 0 Å². The van der Waals surface area contributed by atoms with E-state index in [1.54, 1.807) is 30.3 Å². The first-order valence-corrected chi connectivity index (χ1v) is 9.44. The number of likely N-dealkylation sites (tertiary alicyclic amines) is 1. The van der Waals surface area contributed by atoms with E-state index in [0.717, 1.165) is 19.4 Å². The molecule has 2 fully saturated rings. The minimum absolute atomic E-state index is 0.0156. The summed E-state index contributed by atoms with van der Waals surface area (Å²) in [7, 11) is 0. The van der Waals surface area contributed by atoms with Gasteiger partial charge in [-0.3, -0.25) is 4.79 Å². The number of rotatable bonds is 3. The zero-order valence-electron chi connectivity index (χ0n) is 15.6. The molecule has 26 heavy (non-hydrogen) atoms. The molecule has 1 aromatic heterocycles. The summed E-state index contributed by atoms with van der Waals surface area (Å²) in [5, 5.41) is 2.87. The summed E-state index contributed by atoms with van der Waals surface area (Å²) in [5.74, 6) is 0.706. The Morgan fingerprint density at radius 1 is 1.12 bits per heavy atom. The number of carbonyl (C=O) groups excluding carboxylic acids is 2. The molecular weight excluding hydrogens is 332 g/mol. The molecule has 0 bridgehead atoms. The molecule has 142 valence electrons. The third-order valence-corrected chi connectivity index (χ3v) is 5.20. The van der Waals surface area contributed by atoms with E-state index in [0.29, 0.717) is 32.1 Å². The van der Waals surface area contributed by atoms with Crippen LogP contribution in [0.5, 0.6) is 0 Å². The first-order chi connectivity index (χ1) is 12.6. The second-order valence-corrected chi connectivity index (χ2v) is 7.07. The summed E-state index contributed by atoms with van der Waals surface area (Å²) in [6.45, 7) is 7.18. The number of piperazine rings is 1. The van der Waals surface area contributed by atoms with Crippen molar-refractivity contribution in [3.63, 3.8) is 0 Å². The smallest absolute Gasteiger partial charge is 0.318 e. The third-order valence-electron chi connectivity index (χ3n) is 5.20. The van der Waals surface area contributed by atoms with Gasteiger partial charge in [-0.15, -0.1) is 0 Å². The molecule has 2 atom stereocenters. The normalized spacial score (nSPS) is 22.1. The van der Waals surface area contributed by atoms with Gasteiger partial charge in [0.2, 0.25) is 11.9 Å².